The minimum Gasteiger partial charge on any atom is -0.379 e. The number of anilines is 1. The van der Waals surface area contributed by atoms with Crippen molar-refractivity contribution in [2.24, 2.45) is 0 Å². The third-order valence-corrected chi connectivity index (χ3v) is 4.56. The molecule has 2 fully saturated rings. The first-order valence-corrected chi connectivity index (χ1v) is 8.10. The molecule has 1 saturated carbocycles. The molecule has 0 bridgehead atoms. The van der Waals surface area contributed by atoms with Crippen molar-refractivity contribution in [3.05, 3.63) is 54.1 Å². The fraction of sp³-hybridized carbons (Fsp3) is 0.333. The highest BCUT2D eigenvalue weighted by molar-refractivity contribution is 5.82. The number of pyridine rings is 2. The van der Waals surface area contributed by atoms with Crippen LogP contribution in [0.2, 0.25) is 0 Å². The second-order valence-electron chi connectivity index (χ2n) is 6.26. The van der Waals surface area contributed by atoms with Crippen LogP contribution in [0.3, 0.4) is 0 Å². The number of carbonyl (C=O) groups is 1. The molecule has 6 heteroatoms. The van der Waals surface area contributed by atoms with Crippen LogP contribution in [0, 0.1) is 11.3 Å². The summed E-state index contributed by atoms with van der Waals surface area (Å²) in [5.74, 6) is 0.179. The number of nitrogens with zero attached hydrogens (tertiary/aromatic N) is 4. The number of amides is 1. The molecule has 2 aromatic heterocycles. The van der Waals surface area contributed by atoms with Crippen LogP contribution in [0.5, 0.6) is 0 Å². The number of hydrogen-bond acceptors (Lipinski definition) is 5. The van der Waals surface area contributed by atoms with Gasteiger partial charge in [0.15, 0.2) is 0 Å². The number of aromatic nitrogens is 2. The summed E-state index contributed by atoms with van der Waals surface area (Å²) in [6, 6.07) is 9.78. The summed E-state index contributed by atoms with van der Waals surface area (Å²) in [7, 11) is 0. The standard InChI is InChI=1S/C18H17N5O/c19-10-14-8-13(5-7-21-14)22-16-9-17(24)23(15-3-4-15)18(16)12-2-1-6-20-11-12/h1-2,5-8,11,15-16,18H,3-4,9H2,(H,21,22)/t16-,18+/m1/s1. The maximum absolute atomic E-state index is 12.6. The summed E-state index contributed by atoms with van der Waals surface area (Å²) in [4.78, 5) is 22.8. The Morgan fingerprint density at radius 2 is 2.17 bits per heavy atom. The molecule has 3 heterocycles. The molecule has 24 heavy (non-hydrogen) atoms. The van der Waals surface area contributed by atoms with Crippen LogP contribution in [0.25, 0.3) is 0 Å². The van der Waals surface area contributed by atoms with Gasteiger partial charge in [-0.2, -0.15) is 5.26 Å². The quantitative estimate of drug-likeness (QED) is 0.935. The lowest BCUT2D eigenvalue weighted by Gasteiger charge is -2.29. The monoisotopic (exact) mass is 319 g/mol. The van der Waals surface area contributed by atoms with Crippen molar-refractivity contribution >= 4 is 11.6 Å². The van der Waals surface area contributed by atoms with Gasteiger partial charge in [-0.15, -0.1) is 0 Å². The largest absolute Gasteiger partial charge is 0.379 e. The molecule has 1 saturated heterocycles. The zero-order valence-electron chi connectivity index (χ0n) is 13.1. The average Bonchev–Trinajstić information content (AvgIpc) is 3.40. The molecular weight excluding hydrogens is 302 g/mol. The lowest BCUT2D eigenvalue weighted by Crippen LogP contribution is -2.34. The summed E-state index contributed by atoms with van der Waals surface area (Å²) < 4.78 is 0. The van der Waals surface area contributed by atoms with Crippen LogP contribution in [-0.2, 0) is 4.79 Å². The van der Waals surface area contributed by atoms with Gasteiger partial charge in [0, 0.05) is 36.7 Å². The summed E-state index contributed by atoms with van der Waals surface area (Å²) >= 11 is 0. The molecule has 2 aliphatic rings. The zero-order chi connectivity index (χ0) is 16.5. The van der Waals surface area contributed by atoms with Crippen molar-refractivity contribution < 1.29 is 4.79 Å². The van der Waals surface area contributed by atoms with Crippen LogP contribution >= 0.6 is 0 Å². The number of hydrogen-bond donors (Lipinski definition) is 1. The van der Waals surface area contributed by atoms with E-state index in [4.69, 9.17) is 5.26 Å². The van der Waals surface area contributed by atoms with Gasteiger partial charge in [0.05, 0.1) is 12.1 Å². The van der Waals surface area contributed by atoms with E-state index in [0.29, 0.717) is 18.2 Å². The van der Waals surface area contributed by atoms with E-state index < -0.39 is 0 Å². The lowest BCUT2D eigenvalue weighted by atomic mass is 10.0. The van der Waals surface area contributed by atoms with Gasteiger partial charge >= 0.3 is 0 Å². The molecule has 0 aromatic carbocycles. The van der Waals surface area contributed by atoms with Crippen LogP contribution in [0.15, 0.2) is 42.9 Å². The van der Waals surface area contributed by atoms with Gasteiger partial charge in [-0.3, -0.25) is 9.78 Å². The molecule has 120 valence electrons. The SMILES string of the molecule is N#Cc1cc(N[C@@H]2CC(=O)N(C3CC3)[C@H]2c2cccnc2)ccn1. The second-order valence-corrected chi connectivity index (χ2v) is 6.26. The maximum atomic E-state index is 12.6. The van der Waals surface area contributed by atoms with E-state index in [9.17, 15) is 4.79 Å². The molecule has 1 aliphatic carbocycles. The first kappa shape index (κ1) is 14.6. The third kappa shape index (κ3) is 2.69. The smallest absolute Gasteiger partial charge is 0.225 e. The van der Waals surface area contributed by atoms with E-state index >= 15 is 0 Å². The van der Waals surface area contributed by atoms with Crippen molar-refractivity contribution in [3.63, 3.8) is 0 Å². The van der Waals surface area contributed by atoms with Crippen LogP contribution in [0.4, 0.5) is 5.69 Å². The first-order valence-electron chi connectivity index (χ1n) is 8.10. The molecule has 1 amide bonds. The van der Waals surface area contributed by atoms with Gasteiger partial charge in [0.25, 0.3) is 0 Å². The Morgan fingerprint density at radius 3 is 2.88 bits per heavy atom. The fourth-order valence-corrected chi connectivity index (χ4v) is 3.41. The Balaban J connectivity index is 1.65. The number of carbonyl (C=O) groups excluding carboxylic acids is 1. The molecule has 0 unspecified atom stereocenters. The highest BCUT2D eigenvalue weighted by Crippen LogP contribution is 2.42. The molecule has 6 nitrogen and oxygen atoms in total. The van der Waals surface area contributed by atoms with Gasteiger partial charge in [0.2, 0.25) is 5.91 Å². The van der Waals surface area contributed by atoms with Crippen molar-refractivity contribution in [1.29, 1.82) is 5.26 Å². The minimum absolute atomic E-state index is 0.0302. The molecule has 2 atom stereocenters. The molecular formula is C18H17N5O. The normalized spacial score (nSPS) is 23.1. The summed E-state index contributed by atoms with van der Waals surface area (Å²) in [6.45, 7) is 0. The highest BCUT2D eigenvalue weighted by Gasteiger charge is 2.47. The molecule has 1 N–H and O–H groups in total. The molecule has 2 aromatic rings. The van der Waals surface area contributed by atoms with Crippen molar-refractivity contribution in [1.82, 2.24) is 14.9 Å². The van der Waals surface area contributed by atoms with Crippen LogP contribution < -0.4 is 5.32 Å². The Hall–Kier alpha value is -2.94. The summed E-state index contributed by atoms with van der Waals surface area (Å²) in [5, 5.41) is 12.4. The Bertz CT molecular complexity index is 797. The van der Waals surface area contributed by atoms with E-state index in [1.807, 2.05) is 35.4 Å². The number of rotatable bonds is 4. The van der Waals surface area contributed by atoms with Gasteiger partial charge in [-0.05, 0) is 36.6 Å². The summed E-state index contributed by atoms with van der Waals surface area (Å²) in [5.41, 5.74) is 2.22. The zero-order valence-corrected chi connectivity index (χ0v) is 13.1. The maximum Gasteiger partial charge on any atom is 0.225 e. The van der Waals surface area contributed by atoms with E-state index in [1.165, 1.54) is 0 Å². The first-order chi connectivity index (χ1) is 11.8. The number of nitriles is 1. The lowest BCUT2D eigenvalue weighted by molar-refractivity contribution is -0.129. The fourth-order valence-electron chi connectivity index (χ4n) is 3.41. The van der Waals surface area contributed by atoms with Crippen molar-refractivity contribution in [2.45, 2.75) is 37.4 Å². The Morgan fingerprint density at radius 1 is 1.29 bits per heavy atom. The van der Waals surface area contributed by atoms with Crippen molar-refractivity contribution in [2.75, 3.05) is 5.32 Å². The van der Waals surface area contributed by atoms with Gasteiger partial charge < -0.3 is 10.2 Å². The minimum atomic E-state index is -0.0451. The predicted molar refractivity (Wildman–Crippen MR) is 87.8 cm³/mol. The van der Waals surface area contributed by atoms with Gasteiger partial charge in [-0.25, -0.2) is 4.98 Å². The van der Waals surface area contributed by atoms with Crippen LogP contribution in [-0.4, -0.2) is 32.9 Å². The van der Waals surface area contributed by atoms with E-state index in [-0.39, 0.29) is 18.0 Å². The molecule has 0 spiro atoms. The predicted octanol–water partition coefficient (Wildman–Crippen LogP) is 2.26. The van der Waals surface area contributed by atoms with Crippen molar-refractivity contribution in [3.8, 4) is 6.07 Å². The third-order valence-electron chi connectivity index (χ3n) is 4.56. The Labute approximate surface area is 140 Å². The van der Waals surface area contributed by atoms with Gasteiger partial charge in [-0.1, -0.05) is 6.07 Å². The number of nitrogens with one attached hydrogen (secondary N) is 1. The van der Waals surface area contributed by atoms with E-state index in [1.54, 1.807) is 18.5 Å². The topological polar surface area (TPSA) is 81.9 Å². The highest BCUT2D eigenvalue weighted by atomic mass is 16.2. The van der Waals surface area contributed by atoms with Gasteiger partial charge in [0.1, 0.15) is 11.8 Å². The Kier molecular flexibility index (Phi) is 3.62. The molecule has 4 rings (SSSR count). The van der Waals surface area contributed by atoms with Crippen LogP contribution in [0.1, 0.15) is 36.6 Å². The molecule has 1 aliphatic heterocycles. The van der Waals surface area contributed by atoms with E-state index in [0.717, 1.165) is 24.1 Å². The number of likely N-dealkylation sites (tertiary alicyclic amines) is 1. The second kappa shape index (κ2) is 5.93. The average molecular weight is 319 g/mol. The molecule has 0 radical (unpaired) electrons. The van der Waals surface area contributed by atoms with E-state index in [2.05, 4.69) is 15.3 Å². The summed E-state index contributed by atoms with van der Waals surface area (Å²) in [6.07, 6.45) is 7.77.